The molecule has 0 spiro atoms. The van der Waals surface area contributed by atoms with E-state index in [1.54, 1.807) is 12.1 Å². The SMILES string of the molecule is C=C1C2=CC3=C(CCC(=C)C3(C)CC)C(=C)N2C/C1=C(\CC)c1cc(C(F)F)ccc1C. The van der Waals surface area contributed by atoms with Gasteiger partial charge in [0.1, 0.15) is 0 Å². The van der Waals surface area contributed by atoms with E-state index >= 15 is 0 Å². The summed E-state index contributed by atoms with van der Waals surface area (Å²) in [6, 6.07) is 4.98. The fraction of sp³-hybridized carbons (Fsp3) is 0.379. The average Bonchev–Trinajstić information content (AvgIpc) is 3.09. The van der Waals surface area contributed by atoms with Crippen LogP contribution in [0.4, 0.5) is 8.78 Å². The minimum Gasteiger partial charge on any atom is -0.337 e. The summed E-state index contributed by atoms with van der Waals surface area (Å²) in [5, 5.41) is 0. The van der Waals surface area contributed by atoms with Crippen LogP contribution in [0.25, 0.3) is 5.57 Å². The van der Waals surface area contributed by atoms with E-state index in [-0.39, 0.29) is 11.0 Å². The van der Waals surface area contributed by atoms with E-state index < -0.39 is 6.43 Å². The lowest BCUT2D eigenvalue weighted by Crippen LogP contribution is -2.32. The normalized spacial score (nSPS) is 24.8. The van der Waals surface area contributed by atoms with Crippen LogP contribution in [0, 0.1) is 12.3 Å². The molecular weight excluding hydrogens is 400 g/mol. The zero-order valence-electron chi connectivity index (χ0n) is 19.7. The Morgan fingerprint density at radius 1 is 1.16 bits per heavy atom. The predicted octanol–water partition coefficient (Wildman–Crippen LogP) is 8.44. The first-order valence-electron chi connectivity index (χ1n) is 11.5. The van der Waals surface area contributed by atoms with Crippen LogP contribution in [0.15, 0.2) is 83.3 Å². The van der Waals surface area contributed by atoms with Gasteiger partial charge < -0.3 is 4.90 Å². The summed E-state index contributed by atoms with van der Waals surface area (Å²) in [5.74, 6) is 0. The maximum absolute atomic E-state index is 13.4. The number of halogens is 2. The number of nitrogens with zero attached hydrogens (tertiary/aromatic N) is 1. The van der Waals surface area contributed by atoms with Gasteiger partial charge in [-0.25, -0.2) is 8.78 Å². The van der Waals surface area contributed by atoms with Gasteiger partial charge in [-0.1, -0.05) is 58.2 Å². The highest BCUT2D eigenvalue weighted by Crippen LogP contribution is 2.54. The first kappa shape index (κ1) is 22.5. The highest BCUT2D eigenvalue weighted by Gasteiger charge is 2.41. The Hall–Kier alpha value is -2.68. The van der Waals surface area contributed by atoms with Crippen molar-refractivity contribution in [2.45, 2.75) is 59.8 Å². The summed E-state index contributed by atoms with van der Waals surface area (Å²) in [4.78, 5) is 2.27. The number of fused-ring (bicyclic) bond motifs is 1. The molecule has 3 heteroatoms. The number of allylic oxidation sites excluding steroid dienone is 6. The maximum atomic E-state index is 13.4. The number of aryl methyl sites for hydroxylation is 1. The molecule has 32 heavy (non-hydrogen) atoms. The molecule has 0 amide bonds. The highest BCUT2D eigenvalue weighted by atomic mass is 19.3. The molecule has 2 aliphatic heterocycles. The van der Waals surface area contributed by atoms with Crippen molar-refractivity contribution in [1.82, 2.24) is 4.90 Å². The van der Waals surface area contributed by atoms with E-state index in [9.17, 15) is 8.78 Å². The second-order valence-corrected chi connectivity index (χ2v) is 9.41. The van der Waals surface area contributed by atoms with Crippen molar-refractivity contribution in [1.29, 1.82) is 0 Å². The molecule has 4 rings (SSSR count). The number of rotatable bonds is 4. The molecule has 1 aromatic rings. The molecule has 1 saturated heterocycles. The van der Waals surface area contributed by atoms with Gasteiger partial charge in [-0.15, -0.1) is 0 Å². The van der Waals surface area contributed by atoms with E-state index in [1.807, 2.05) is 6.92 Å². The number of benzene rings is 1. The fourth-order valence-corrected chi connectivity index (χ4v) is 5.50. The van der Waals surface area contributed by atoms with Crippen LogP contribution in [-0.2, 0) is 0 Å². The van der Waals surface area contributed by atoms with E-state index in [4.69, 9.17) is 0 Å². The minimum atomic E-state index is -2.48. The summed E-state index contributed by atoms with van der Waals surface area (Å²) in [6.45, 7) is 22.6. The third-order valence-corrected chi connectivity index (χ3v) is 7.88. The lowest BCUT2D eigenvalue weighted by molar-refractivity contribution is 0.151. The van der Waals surface area contributed by atoms with Gasteiger partial charge >= 0.3 is 0 Å². The van der Waals surface area contributed by atoms with Crippen LogP contribution in [0.5, 0.6) is 0 Å². The molecule has 0 bridgehead atoms. The van der Waals surface area contributed by atoms with Crippen LogP contribution in [0.1, 0.15) is 69.6 Å². The van der Waals surface area contributed by atoms with Gasteiger partial charge in [0, 0.05) is 28.9 Å². The van der Waals surface area contributed by atoms with Crippen molar-refractivity contribution >= 4 is 5.57 Å². The summed E-state index contributed by atoms with van der Waals surface area (Å²) < 4.78 is 26.9. The van der Waals surface area contributed by atoms with Crippen molar-refractivity contribution in [3.8, 4) is 0 Å². The lowest BCUT2D eigenvalue weighted by Gasteiger charge is -2.43. The number of hydrogen-bond donors (Lipinski definition) is 0. The molecule has 1 unspecified atom stereocenters. The molecule has 0 aromatic heterocycles. The Kier molecular flexibility index (Phi) is 5.65. The first-order chi connectivity index (χ1) is 15.1. The molecule has 0 N–H and O–H groups in total. The molecular formula is C29H33F2N. The van der Waals surface area contributed by atoms with Crippen molar-refractivity contribution in [2.24, 2.45) is 5.41 Å². The molecule has 2 heterocycles. The number of alkyl halides is 2. The summed E-state index contributed by atoms with van der Waals surface area (Å²) >= 11 is 0. The second kappa shape index (κ2) is 8.03. The fourth-order valence-electron chi connectivity index (χ4n) is 5.50. The molecule has 168 valence electrons. The highest BCUT2D eigenvalue weighted by molar-refractivity contribution is 5.79. The summed E-state index contributed by atoms with van der Waals surface area (Å²) in [6.07, 6.45) is 3.52. The van der Waals surface area contributed by atoms with Gasteiger partial charge in [-0.05, 0) is 83.7 Å². The predicted molar refractivity (Wildman–Crippen MR) is 130 cm³/mol. The van der Waals surface area contributed by atoms with Crippen LogP contribution in [-0.4, -0.2) is 11.4 Å². The zero-order valence-corrected chi connectivity index (χ0v) is 19.7. The van der Waals surface area contributed by atoms with E-state index in [2.05, 4.69) is 51.5 Å². The quantitative estimate of drug-likeness (QED) is 0.431. The molecule has 1 aliphatic carbocycles. The monoisotopic (exact) mass is 433 g/mol. The Bertz CT molecular complexity index is 1130. The Labute approximate surface area is 191 Å². The average molecular weight is 434 g/mol. The largest absolute Gasteiger partial charge is 0.337 e. The van der Waals surface area contributed by atoms with E-state index in [0.29, 0.717) is 6.54 Å². The van der Waals surface area contributed by atoms with E-state index in [1.165, 1.54) is 22.8 Å². The second-order valence-electron chi connectivity index (χ2n) is 9.41. The molecule has 1 aromatic carbocycles. The Morgan fingerprint density at radius 3 is 2.50 bits per heavy atom. The van der Waals surface area contributed by atoms with Crippen molar-refractivity contribution < 1.29 is 8.78 Å². The lowest BCUT2D eigenvalue weighted by atomic mass is 9.65. The molecule has 1 nitrogen and oxygen atoms in total. The maximum Gasteiger partial charge on any atom is 0.263 e. The van der Waals surface area contributed by atoms with Crippen LogP contribution >= 0.6 is 0 Å². The van der Waals surface area contributed by atoms with Gasteiger partial charge in [-0.2, -0.15) is 0 Å². The first-order valence-corrected chi connectivity index (χ1v) is 11.5. The molecule has 0 radical (unpaired) electrons. The van der Waals surface area contributed by atoms with Gasteiger partial charge in [0.05, 0.1) is 0 Å². The van der Waals surface area contributed by atoms with Gasteiger partial charge in [-0.3, -0.25) is 0 Å². The Balaban J connectivity index is 1.84. The van der Waals surface area contributed by atoms with Crippen LogP contribution in [0.2, 0.25) is 0 Å². The minimum absolute atomic E-state index is 0.0574. The Morgan fingerprint density at radius 2 is 1.88 bits per heavy atom. The molecule has 3 aliphatic rings. The molecule has 1 atom stereocenters. The topological polar surface area (TPSA) is 3.24 Å². The number of hydrogen-bond acceptors (Lipinski definition) is 1. The van der Waals surface area contributed by atoms with Gasteiger partial charge in [0.15, 0.2) is 0 Å². The third-order valence-electron chi connectivity index (χ3n) is 7.88. The zero-order chi connectivity index (χ0) is 23.4. The standard InChI is InChI=1S/C29H33F2N/c1-8-22(24-14-21(28(30)31)12-10-17(24)3)25-16-32-20(6)23-13-11-18(4)29(7,9-2)26(23)15-27(32)19(25)5/h10,12,14-15,28H,4-6,8-9,11,13,16H2,1-3,7H3/b25-22-. The van der Waals surface area contributed by atoms with Crippen molar-refractivity contribution in [2.75, 3.05) is 6.54 Å². The van der Waals surface area contributed by atoms with Crippen molar-refractivity contribution in [3.05, 3.63) is 100.0 Å². The van der Waals surface area contributed by atoms with Crippen LogP contribution < -0.4 is 0 Å². The summed E-state index contributed by atoms with van der Waals surface area (Å²) in [5.41, 5.74) is 11.2. The smallest absolute Gasteiger partial charge is 0.263 e. The molecule has 1 fully saturated rings. The van der Waals surface area contributed by atoms with Crippen LogP contribution in [0.3, 0.4) is 0 Å². The molecule has 0 saturated carbocycles. The van der Waals surface area contributed by atoms with Gasteiger partial charge in [0.2, 0.25) is 0 Å². The van der Waals surface area contributed by atoms with Crippen molar-refractivity contribution in [3.63, 3.8) is 0 Å². The van der Waals surface area contributed by atoms with E-state index in [0.717, 1.165) is 64.9 Å². The van der Waals surface area contributed by atoms with Gasteiger partial charge in [0.25, 0.3) is 6.43 Å². The summed E-state index contributed by atoms with van der Waals surface area (Å²) in [7, 11) is 0. The third kappa shape index (κ3) is 3.25.